The molecule has 0 saturated carbocycles. The molecule has 4 nitrogen and oxygen atoms in total. The van der Waals surface area contributed by atoms with Gasteiger partial charge in [-0.1, -0.05) is 140 Å². The highest BCUT2D eigenvalue weighted by Gasteiger charge is 2.28. The Morgan fingerprint density at radius 1 is 0.760 bits per heavy atom. The van der Waals surface area contributed by atoms with Gasteiger partial charge in [0.05, 0.1) is 0 Å². The molecule has 246 valence electrons. The van der Waals surface area contributed by atoms with Crippen molar-refractivity contribution in [2.24, 2.45) is 21.8 Å². The number of aryl methyl sites for hydroxylation is 1. The Balaban J connectivity index is 1.09. The predicted octanol–water partition coefficient (Wildman–Crippen LogP) is 11.3. The average Bonchev–Trinajstić information content (AvgIpc) is 3.36. The Kier molecular flexibility index (Phi) is 8.22. The first-order valence-electron chi connectivity index (χ1n) is 18.2. The van der Waals surface area contributed by atoms with E-state index in [1.165, 1.54) is 23.1 Å². The summed E-state index contributed by atoms with van der Waals surface area (Å²) in [5.74, 6) is 3.97. The smallest absolute Gasteiger partial charge is 0.159 e. The van der Waals surface area contributed by atoms with Crippen LogP contribution in [0.1, 0.15) is 72.7 Å². The number of nitrogens with zero attached hydrogens (tertiary/aromatic N) is 2. The van der Waals surface area contributed by atoms with Crippen molar-refractivity contribution in [2.75, 3.05) is 0 Å². The summed E-state index contributed by atoms with van der Waals surface area (Å²) in [5.41, 5.74) is 10.3. The van der Waals surface area contributed by atoms with E-state index < -0.39 is 0 Å². The van der Waals surface area contributed by atoms with Gasteiger partial charge in [-0.25, -0.2) is 9.98 Å². The van der Waals surface area contributed by atoms with Crippen LogP contribution < -0.4 is 5.32 Å². The minimum atomic E-state index is -0.341. The van der Waals surface area contributed by atoms with Gasteiger partial charge in [-0.05, 0) is 67.1 Å². The first kappa shape index (κ1) is 30.6. The second kappa shape index (κ2) is 13.4. The molecule has 0 radical (unpaired) electrons. The molecule has 0 spiro atoms. The van der Waals surface area contributed by atoms with Crippen molar-refractivity contribution in [3.8, 4) is 11.1 Å². The maximum absolute atomic E-state index is 6.69. The van der Waals surface area contributed by atoms with Gasteiger partial charge in [0.2, 0.25) is 0 Å². The molecular formula is C46H41N3O. The molecule has 3 aromatic carbocycles. The second-order valence-corrected chi connectivity index (χ2v) is 13.9. The molecule has 9 rings (SSSR count). The zero-order chi connectivity index (χ0) is 33.3. The van der Waals surface area contributed by atoms with E-state index in [0.717, 1.165) is 94.8 Å². The van der Waals surface area contributed by atoms with Crippen molar-refractivity contribution in [1.29, 1.82) is 0 Å². The Morgan fingerprint density at radius 2 is 1.64 bits per heavy atom. The van der Waals surface area contributed by atoms with E-state index in [-0.39, 0.29) is 6.17 Å². The lowest BCUT2D eigenvalue weighted by Crippen LogP contribution is -2.33. The van der Waals surface area contributed by atoms with Crippen LogP contribution in [0.4, 0.5) is 0 Å². The number of nitrogens with one attached hydrogen (secondary N) is 1. The second-order valence-electron chi connectivity index (χ2n) is 13.9. The standard InChI is InChI=1S/C46H41N3O/c1-2-6-19-34(18-5-1)44-47-45(35-26-24-32(25-27-35)37-21-13-20-36(30-37)31-14-7-3-8-15-31)49-46(48-44)40-29-28-38(33-16-9-4-10-17-33)43-42(40)39-22-11-12-23-41(39)50-43/h1-5,7-11,14,16-19,21-22,24-29,31,36,46H,6,12-13,15,20,23,30H2,(H,47,48,49). The van der Waals surface area contributed by atoms with Crippen molar-refractivity contribution in [1.82, 2.24) is 5.32 Å². The molecule has 5 aliphatic rings. The monoisotopic (exact) mass is 651 g/mol. The molecule has 1 aromatic heterocycles. The first-order valence-corrected chi connectivity index (χ1v) is 18.2. The highest BCUT2D eigenvalue weighted by molar-refractivity contribution is 6.14. The van der Waals surface area contributed by atoms with Crippen LogP contribution >= 0.6 is 0 Å². The number of hydrogen-bond donors (Lipinski definition) is 1. The summed E-state index contributed by atoms with van der Waals surface area (Å²) in [5, 5.41) is 4.90. The molecule has 0 bridgehead atoms. The lowest BCUT2D eigenvalue weighted by Gasteiger charge is -2.29. The normalized spacial score (nSPS) is 22.7. The van der Waals surface area contributed by atoms with Crippen molar-refractivity contribution >= 4 is 34.3 Å². The maximum Gasteiger partial charge on any atom is 0.159 e. The number of rotatable bonds is 6. The number of fused-ring (bicyclic) bond motifs is 3. The molecule has 2 heterocycles. The molecule has 0 saturated heterocycles. The van der Waals surface area contributed by atoms with E-state index in [1.54, 1.807) is 0 Å². The number of benzene rings is 3. The minimum Gasteiger partial charge on any atom is -0.460 e. The van der Waals surface area contributed by atoms with Crippen molar-refractivity contribution in [3.63, 3.8) is 0 Å². The predicted molar refractivity (Wildman–Crippen MR) is 208 cm³/mol. The fourth-order valence-corrected chi connectivity index (χ4v) is 8.11. The van der Waals surface area contributed by atoms with Gasteiger partial charge in [0.15, 0.2) is 5.84 Å². The topological polar surface area (TPSA) is 49.9 Å². The van der Waals surface area contributed by atoms with Crippen molar-refractivity contribution in [3.05, 3.63) is 167 Å². The molecule has 0 fully saturated rings. The summed E-state index contributed by atoms with van der Waals surface area (Å²) in [4.78, 5) is 10.5. The third kappa shape index (κ3) is 5.89. The van der Waals surface area contributed by atoms with Gasteiger partial charge in [-0.3, -0.25) is 0 Å². The molecule has 3 unspecified atom stereocenters. The third-order valence-corrected chi connectivity index (χ3v) is 10.7. The summed E-state index contributed by atoms with van der Waals surface area (Å²) in [6.07, 6.45) is 33.8. The van der Waals surface area contributed by atoms with E-state index in [1.807, 2.05) is 0 Å². The largest absolute Gasteiger partial charge is 0.460 e. The zero-order valence-corrected chi connectivity index (χ0v) is 28.3. The average molecular weight is 652 g/mol. The quantitative estimate of drug-likeness (QED) is 0.226. The molecule has 1 aliphatic heterocycles. The molecule has 4 aromatic rings. The molecule has 4 aliphatic carbocycles. The van der Waals surface area contributed by atoms with Crippen molar-refractivity contribution < 1.29 is 4.42 Å². The van der Waals surface area contributed by atoms with E-state index in [0.29, 0.717) is 11.8 Å². The van der Waals surface area contributed by atoms with Crippen LogP contribution in [0.15, 0.2) is 154 Å². The third-order valence-electron chi connectivity index (χ3n) is 10.7. The summed E-state index contributed by atoms with van der Waals surface area (Å²) < 4.78 is 6.69. The van der Waals surface area contributed by atoms with Gasteiger partial charge in [0.1, 0.15) is 23.3 Å². The van der Waals surface area contributed by atoms with E-state index >= 15 is 0 Å². The van der Waals surface area contributed by atoms with Crippen LogP contribution in [0, 0.1) is 11.8 Å². The van der Waals surface area contributed by atoms with Crippen LogP contribution in [0.3, 0.4) is 0 Å². The number of amidine groups is 2. The number of furan rings is 1. The van der Waals surface area contributed by atoms with Crippen LogP contribution in [-0.4, -0.2) is 11.7 Å². The van der Waals surface area contributed by atoms with E-state index in [9.17, 15) is 0 Å². The molecule has 4 heteroatoms. The molecule has 3 atom stereocenters. The zero-order valence-electron chi connectivity index (χ0n) is 28.3. The van der Waals surface area contributed by atoms with Gasteiger partial charge in [-0.15, -0.1) is 0 Å². The Morgan fingerprint density at radius 3 is 2.52 bits per heavy atom. The summed E-state index contributed by atoms with van der Waals surface area (Å²) in [7, 11) is 0. The summed E-state index contributed by atoms with van der Waals surface area (Å²) >= 11 is 0. The fourth-order valence-electron chi connectivity index (χ4n) is 8.11. The van der Waals surface area contributed by atoms with Gasteiger partial charge >= 0.3 is 0 Å². The van der Waals surface area contributed by atoms with Crippen LogP contribution in [0.25, 0.3) is 33.7 Å². The van der Waals surface area contributed by atoms with Gasteiger partial charge in [0, 0.05) is 39.6 Å². The Labute approximate surface area is 294 Å². The Bertz CT molecular complexity index is 2220. The van der Waals surface area contributed by atoms with Crippen LogP contribution in [0.5, 0.6) is 0 Å². The molecular weight excluding hydrogens is 611 g/mol. The van der Waals surface area contributed by atoms with Crippen LogP contribution in [0.2, 0.25) is 0 Å². The summed E-state index contributed by atoms with van der Waals surface area (Å²) in [6.45, 7) is 0. The van der Waals surface area contributed by atoms with Gasteiger partial charge in [0.25, 0.3) is 0 Å². The van der Waals surface area contributed by atoms with E-state index in [2.05, 4.69) is 145 Å². The summed E-state index contributed by atoms with van der Waals surface area (Å²) in [6, 6.07) is 24.0. The maximum atomic E-state index is 6.69. The molecule has 0 amide bonds. The van der Waals surface area contributed by atoms with Gasteiger partial charge < -0.3 is 9.73 Å². The molecule has 1 N–H and O–H groups in total. The SMILES string of the molecule is C1=CCC=C(C2=NC(c3ccc(-c4ccccc4)c4oc5c(c34)C=CCC5)NC(c3ccc(C4=CCCC(C5C=CC=CC5)C4)cc3)=N2)C=C1. The van der Waals surface area contributed by atoms with E-state index in [4.69, 9.17) is 14.4 Å². The number of allylic oxidation sites excluding steroid dienone is 11. The minimum absolute atomic E-state index is 0.341. The number of hydrogen-bond acceptors (Lipinski definition) is 4. The highest BCUT2D eigenvalue weighted by Crippen LogP contribution is 2.42. The first-order chi connectivity index (χ1) is 24.8. The van der Waals surface area contributed by atoms with Gasteiger partial charge in [-0.2, -0.15) is 0 Å². The lowest BCUT2D eigenvalue weighted by molar-refractivity contribution is 0.370. The molecule has 50 heavy (non-hydrogen) atoms. The number of aliphatic imine (C=N–C) groups is 2. The lowest BCUT2D eigenvalue weighted by atomic mass is 9.76. The van der Waals surface area contributed by atoms with Crippen LogP contribution in [-0.2, 0) is 6.42 Å². The fraction of sp³-hybridized carbons (Fsp3) is 0.217. The van der Waals surface area contributed by atoms with Crippen molar-refractivity contribution in [2.45, 2.75) is 51.1 Å². The highest BCUT2D eigenvalue weighted by atomic mass is 16.3. The Hall–Kier alpha value is -5.48.